The summed E-state index contributed by atoms with van der Waals surface area (Å²) in [7, 11) is 3.17. The maximum atomic E-state index is 11.1. The normalized spacial score (nSPS) is 10.6. The number of methoxy groups -OCH3 is 2. The molecule has 0 aliphatic rings. The molecular weight excluding hydrogens is 308 g/mol. The van der Waals surface area contributed by atoms with Gasteiger partial charge in [0.15, 0.2) is 0 Å². The second kappa shape index (κ2) is 6.57. The summed E-state index contributed by atoms with van der Waals surface area (Å²) in [4.78, 5) is 22.9. The molecule has 0 saturated carbocycles. The zero-order valence-electron chi connectivity index (χ0n) is 13.7. The van der Waals surface area contributed by atoms with Crippen molar-refractivity contribution in [3.8, 4) is 22.9 Å². The van der Waals surface area contributed by atoms with Gasteiger partial charge in [0.1, 0.15) is 5.75 Å². The number of hydrogen-bond donors (Lipinski definition) is 2. The Balaban J connectivity index is 2.01. The van der Waals surface area contributed by atoms with Gasteiger partial charge in [-0.1, -0.05) is 0 Å². The Morgan fingerprint density at radius 1 is 1.17 bits per heavy atom. The van der Waals surface area contributed by atoms with E-state index < -0.39 is 0 Å². The van der Waals surface area contributed by atoms with E-state index in [2.05, 4.69) is 20.3 Å². The highest BCUT2D eigenvalue weighted by atomic mass is 16.5. The van der Waals surface area contributed by atoms with Gasteiger partial charge in [-0.25, -0.2) is 9.97 Å². The lowest BCUT2D eigenvalue weighted by Crippen LogP contribution is -2.18. The molecule has 0 unspecified atom stereocenters. The van der Waals surface area contributed by atoms with E-state index in [1.54, 1.807) is 26.6 Å². The zero-order valence-corrected chi connectivity index (χ0v) is 13.7. The quantitative estimate of drug-likeness (QED) is 0.751. The molecule has 1 amide bonds. The standard InChI is InChI=1S/C17H18N4O3/c1-10(22)18-7-12-4-11-5-16(23-2)13(6-14(11)21-12)15-8-20-17(24-3)9-19-15/h4-6,8-9,21H,7H2,1-3H3,(H,18,22). The lowest BCUT2D eigenvalue weighted by molar-refractivity contribution is -0.119. The van der Waals surface area contributed by atoms with Crippen molar-refractivity contribution >= 4 is 16.8 Å². The van der Waals surface area contributed by atoms with Gasteiger partial charge in [0.2, 0.25) is 11.8 Å². The molecule has 0 atom stereocenters. The smallest absolute Gasteiger partial charge is 0.232 e. The number of carbonyl (C=O) groups is 1. The number of amides is 1. The molecule has 1 aromatic carbocycles. The van der Waals surface area contributed by atoms with Crippen LogP contribution in [0.4, 0.5) is 0 Å². The molecule has 2 aromatic heterocycles. The number of nitrogens with zero attached hydrogens (tertiary/aromatic N) is 2. The molecule has 24 heavy (non-hydrogen) atoms. The molecule has 3 rings (SSSR count). The fraction of sp³-hybridized carbons (Fsp3) is 0.235. The van der Waals surface area contributed by atoms with E-state index in [1.165, 1.54) is 6.92 Å². The Labute approximate surface area is 139 Å². The van der Waals surface area contributed by atoms with Crippen LogP contribution in [-0.2, 0) is 11.3 Å². The van der Waals surface area contributed by atoms with Crippen molar-refractivity contribution in [3.05, 3.63) is 36.3 Å². The number of ether oxygens (including phenoxy) is 2. The van der Waals surface area contributed by atoms with Crippen LogP contribution in [0.3, 0.4) is 0 Å². The van der Waals surface area contributed by atoms with Crippen molar-refractivity contribution in [2.75, 3.05) is 14.2 Å². The van der Waals surface area contributed by atoms with Crippen LogP contribution in [0.2, 0.25) is 0 Å². The van der Waals surface area contributed by atoms with Gasteiger partial charge in [0.05, 0.1) is 38.9 Å². The Hall–Kier alpha value is -3.09. The van der Waals surface area contributed by atoms with Crippen LogP contribution in [-0.4, -0.2) is 35.1 Å². The van der Waals surface area contributed by atoms with Gasteiger partial charge in [0.25, 0.3) is 0 Å². The molecule has 7 heteroatoms. The summed E-state index contributed by atoms with van der Waals surface area (Å²) in [5.41, 5.74) is 3.37. The Morgan fingerprint density at radius 3 is 2.62 bits per heavy atom. The number of nitrogens with one attached hydrogen (secondary N) is 2. The minimum Gasteiger partial charge on any atom is -0.496 e. The number of hydrogen-bond acceptors (Lipinski definition) is 5. The number of aromatic nitrogens is 3. The minimum atomic E-state index is -0.0690. The average molecular weight is 326 g/mol. The maximum absolute atomic E-state index is 11.1. The van der Waals surface area contributed by atoms with Gasteiger partial charge in [-0.15, -0.1) is 0 Å². The van der Waals surface area contributed by atoms with Crippen molar-refractivity contribution < 1.29 is 14.3 Å². The van der Waals surface area contributed by atoms with E-state index in [9.17, 15) is 4.79 Å². The van der Waals surface area contributed by atoms with Crippen molar-refractivity contribution in [2.45, 2.75) is 13.5 Å². The number of carbonyl (C=O) groups excluding carboxylic acids is 1. The zero-order chi connectivity index (χ0) is 17.1. The van der Waals surface area contributed by atoms with Crippen molar-refractivity contribution in [1.82, 2.24) is 20.3 Å². The van der Waals surface area contributed by atoms with Crippen LogP contribution in [0.15, 0.2) is 30.6 Å². The summed E-state index contributed by atoms with van der Waals surface area (Å²) in [5, 5.41) is 3.77. The first-order valence-corrected chi connectivity index (χ1v) is 7.41. The van der Waals surface area contributed by atoms with Crippen LogP contribution >= 0.6 is 0 Å². The predicted molar refractivity (Wildman–Crippen MR) is 89.9 cm³/mol. The van der Waals surface area contributed by atoms with Crippen molar-refractivity contribution in [1.29, 1.82) is 0 Å². The molecular formula is C17H18N4O3. The maximum Gasteiger partial charge on any atom is 0.232 e. The van der Waals surface area contributed by atoms with Crippen LogP contribution < -0.4 is 14.8 Å². The van der Waals surface area contributed by atoms with E-state index in [-0.39, 0.29) is 5.91 Å². The number of H-pyrrole nitrogens is 1. The molecule has 0 spiro atoms. The predicted octanol–water partition coefficient (Wildman–Crippen LogP) is 2.28. The summed E-state index contributed by atoms with van der Waals surface area (Å²) < 4.78 is 10.5. The first-order valence-electron chi connectivity index (χ1n) is 7.41. The number of benzene rings is 1. The number of fused-ring (bicyclic) bond motifs is 1. The highest BCUT2D eigenvalue weighted by Crippen LogP contribution is 2.33. The van der Waals surface area contributed by atoms with Crippen LogP contribution in [0, 0.1) is 0 Å². The van der Waals surface area contributed by atoms with Crippen LogP contribution in [0.5, 0.6) is 11.6 Å². The van der Waals surface area contributed by atoms with Crippen LogP contribution in [0.1, 0.15) is 12.6 Å². The summed E-state index contributed by atoms with van der Waals surface area (Å²) in [5.74, 6) is 1.09. The monoisotopic (exact) mass is 326 g/mol. The largest absolute Gasteiger partial charge is 0.496 e. The fourth-order valence-corrected chi connectivity index (χ4v) is 2.46. The topological polar surface area (TPSA) is 89.1 Å². The molecule has 124 valence electrons. The van der Waals surface area contributed by atoms with E-state index in [1.807, 2.05) is 18.2 Å². The highest BCUT2D eigenvalue weighted by molar-refractivity contribution is 5.88. The van der Waals surface area contributed by atoms with Crippen LogP contribution in [0.25, 0.3) is 22.2 Å². The third kappa shape index (κ3) is 3.15. The molecule has 0 radical (unpaired) electrons. The lowest BCUT2D eigenvalue weighted by Gasteiger charge is -2.08. The summed E-state index contributed by atoms with van der Waals surface area (Å²) in [6, 6.07) is 5.88. The van der Waals surface area contributed by atoms with Gasteiger partial charge in [-0.3, -0.25) is 4.79 Å². The third-order valence-electron chi connectivity index (χ3n) is 3.64. The Morgan fingerprint density at radius 2 is 2.00 bits per heavy atom. The summed E-state index contributed by atoms with van der Waals surface area (Å²) in [6.45, 7) is 1.94. The number of rotatable bonds is 5. The van der Waals surface area contributed by atoms with Gasteiger partial charge < -0.3 is 19.8 Å². The van der Waals surface area contributed by atoms with E-state index in [0.717, 1.165) is 22.2 Å². The number of aromatic amines is 1. The van der Waals surface area contributed by atoms with Crippen molar-refractivity contribution in [3.63, 3.8) is 0 Å². The molecule has 0 aliphatic carbocycles. The third-order valence-corrected chi connectivity index (χ3v) is 3.64. The minimum absolute atomic E-state index is 0.0690. The lowest BCUT2D eigenvalue weighted by atomic mass is 10.1. The molecule has 2 N–H and O–H groups in total. The first-order chi connectivity index (χ1) is 11.6. The molecule has 0 fully saturated rings. The van der Waals surface area contributed by atoms with Gasteiger partial charge >= 0.3 is 0 Å². The van der Waals surface area contributed by atoms with Crippen molar-refractivity contribution in [2.24, 2.45) is 0 Å². The van der Waals surface area contributed by atoms with E-state index >= 15 is 0 Å². The molecule has 7 nitrogen and oxygen atoms in total. The van der Waals surface area contributed by atoms with Gasteiger partial charge in [0, 0.05) is 29.1 Å². The SMILES string of the molecule is COc1cnc(-c2cc3[nH]c(CNC(C)=O)cc3cc2OC)cn1. The molecule has 0 saturated heterocycles. The molecule has 2 heterocycles. The molecule has 0 bridgehead atoms. The van der Waals surface area contributed by atoms with E-state index in [4.69, 9.17) is 9.47 Å². The Kier molecular flexibility index (Phi) is 4.33. The summed E-state index contributed by atoms with van der Waals surface area (Å²) in [6.07, 6.45) is 3.21. The second-order valence-electron chi connectivity index (χ2n) is 5.29. The van der Waals surface area contributed by atoms with Gasteiger partial charge in [-0.2, -0.15) is 0 Å². The fourth-order valence-electron chi connectivity index (χ4n) is 2.46. The van der Waals surface area contributed by atoms with E-state index in [0.29, 0.717) is 23.9 Å². The molecule has 0 aliphatic heterocycles. The first kappa shape index (κ1) is 15.8. The summed E-state index contributed by atoms with van der Waals surface area (Å²) >= 11 is 0. The van der Waals surface area contributed by atoms with Gasteiger partial charge in [-0.05, 0) is 18.2 Å². The second-order valence-corrected chi connectivity index (χ2v) is 5.29. The highest BCUT2D eigenvalue weighted by Gasteiger charge is 2.12. The average Bonchev–Trinajstić information content (AvgIpc) is 3.00. The Bertz CT molecular complexity index is 871. The molecule has 3 aromatic rings.